The number of aliphatic hydroxyl groups is 1. The standard InChI is InChI=1S/C7H13NO2.2C2H6/c1-5(9)7-6(10)3-4-8(7)2;2*1-2/h6-7,10H,3-4H2,1-2H3;2*1-2H3. The highest BCUT2D eigenvalue weighted by molar-refractivity contribution is 5.82. The van der Waals surface area contributed by atoms with Crippen LogP contribution in [0, 0.1) is 0 Å². The van der Waals surface area contributed by atoms with Crippen molar-refractivity contribution in [2.75, 3.05) is 13.6 Å². The molecule has 1 rings (SSSR count). The van der Waals surface area contributed by atoms with Crippen LogP contribution in [0.15, 0.2) is 0 Å². The van der Waals surface area contributed by atoms with E-state index < -0.39 is 6.10 Å². The van der Waals surface area contributed by atoms with Crippen LogP contribution < -0.4 is 0 Å². The zero-order valence-corrected chi connectivity index (χ0v) is 10.4. The van der Waals surface area contributed by atoms with Crippen molar-refractivity contribution in [3.05, 3.63) is 0 Å². The van der Waals surface area contributed by atoms with Gasteiger partial charge in [0.15, 0.2) is 0 Å². The molecule has 14 heavy (non-hydrogen) atoms. The summed E-state index contributed by atoms with van der Waals surface area (Å²) in [5, 5.41) is 9.27. The molecule has 0 bridgehead atoms. The Labute approximate surface area is 88.1 Å². The van der Waals surface area contributed by atoms with Crippen LogP contribution in [0.5, 0.6) is 0 Å². The van der Waals surface area contributed by atoms with Gasteiger partial charge in [-0.15, -0.1) is 0 Å². The van der Waals surface area contributed by atoms with Gasteiger partial charge in [0, 0.05) is 6.54 Å². The zero-order valence-electron chi connectivity index (χ0n) is 10.4. The van der Waals surface area contributed by atoms with Crippen LogP contribution in [-0.2, 0) is 4.79 Å². The Bertz CT molecular complexity index is 138. The number of Topliss-reactive ketones (excluding diaryl/α,β-unsaturated/α-hetero) is 1. The van der Waals surface area contributed by atoms with E-state index in [9.17, 15) is 9.90 Å². The van der Waals surface area contributed by atoms with Crippen LogP contribution in [-0.4, -0.2) is 41.5 Å². The number of carbonyl (C=O) groups excluding carboxylic acids is 1. The lowest BCUT2D eigenvalue weighted by Crippen LogP contribution is -2.38. The van der Waals surface area contributed by atoms with Crippen LogP contribution >= 0.6 is 0 Å². The second-order valence-electron chi connectivity index (χ2n) is 2.89. The fourth-order valence-corrected chi connectivity index (χ4v) is 1.51. The molecule has 2 atom stereocenters. The maximum Gasteiger partial charge on any atom is 0.149 e. The van der Waals surface area contributed by atoms with Crippen molar-refractivity contribution in [3.63, 3.8) is 0 Å². The quantitative estimate of drug-likeness (QED) is 0.705. The van der Waals surface area contributed by atoms with Crippen molar-refractivity contribution >= 4 is 5.78 Å². The van der Waals surface area contributed by atoms with Crippen LogP contribution in [0.2, 0.25) is 0 Å². The van der Waals surface area contributed by atoms with E-state index in [0.29, 0.717) is 0 Å². The molecule has 0 saturated carbocycles. The van der Waals surface area contributed by atoms with Crippen LogP contribution in [0.25, 0.3) is 0 Å². The molecule has 1 fully saturated rings. The van der Waals surface area contributed by atoms with Crippen molar-refractivity contribution in [2.45, 2.75) is 53.2 Å². The maximum atomic E-state index is 10.9. The van der Waals surface area contributed by atoms with Crippen LogP contribution in [0.3, 0.4) is 0 Å². The first kappa shape index (κ1) is 16.0. The Hall–Kier alpha value is -0.410. The monoisotopic (exact) mass is 203 g/mol. The molecule has 1 heterocycles. The Morgan fingerprint density at radius 2 is 1.71 bits per heavy atom. The molecule has 0 aliphatic carbocycles. The second kappa shape index (κ2) is 9.16. The molecule has 2 unspecified atom stereocenters. The highest BCUT2D eigenvalue weighted by atomic mass is 16.3. The average Bonchev–Trinajstić information content (AvgIpc) is 2.52. The van der Waals surface area contributed by atoms with Gasteiger partial charge >= 0.3 is 0 Å². The highest BCUT2D eigenvalue weighted by Gasteiger charge is 2.33. The molecule has 0 amide bonds. The third-order valence-corrected chi connectivity index (χ3v) is 2.03. The van der Waals surface area contributed by atoms with Gasteiger partial charge in [0.2, 0.25) is 0 Å². The number of rotatable bonds is 1. The molecule has 1 aliphatic rings. The van der Waals surface area contributed by atoms with E-state index in [1.165, 1.54) is 6.92 Å². The van der Waals surface area contributed by atoms with Crippen LogP contribution in [0.4, 0.5) is 0 Å². The minimum absolute atomic E-state index is 0.0625. The first-order valence-electron chi connectivity index (χ1n) is 5.51. The van der Waals surface area contributed by atoms with Gasteiger partial charge in [-0.05, 0) is 20.4 Å². The Kier molecular flexibility index (Phi) is 10.5. The van der Waals surface area contributed by atoms with E-state index in [0.717, 1.165) is 13.0 Å². The summed E-state index contributed by atoms with van der Waals surface area (Å²) in [5.41, 5.74) is 0. The van der Waals surface area contributed by atoms with Gasteiger partial charge in [0.05, 0.1) is 12.1 Å². The van der Waals surface area contributed by atoms with Crippen molar-refractivity contribution in [3.8, 4) is 0 Å². The summed E-state index contributed by atoms with van der Waals surface area (Å²) in [5.74, 6) is 0.0625. The Morgan fingerprint density at radius 3 is 1.86 bits per heavy atom. The smallest absolute Gasteiger partial charge is 0.149 e. The largest absolute Gasteiger partial charge is 0.391 e. The molecule has 86 valence electrons. The average molecular weight is 203 g/mol. The summed E-state index contributed by atoms with van der Waals surface area (Å²) >= 11 is 0. The normalized spacial score (nSPS) is 25.6. The second-order valence-corrected chi connectivity index (χ2v) is 2.89. The molecule has 0 aromatic rings. The number of likely N-dealkylation sites (tertiary alicyclic amines) is 1. The topological polar surface area (TPSA) is 40.5 Å². The number of hydrogen-bond donors (Lipinski definition) is 1. The fourth-order valence-electron chi connectivity index (χ4n) is 1.51. The minimum atomic E-state index is -0.442. The molecule has 0 spiro atoms. The predicted molar refractivity (Wildman–Crippen MR) is 60.4 cm³/mol. The molecule has 3 heteroatoms. The molecule has 1 aliphatic heterocycles. The van der Waals surface area contributed by atoms with Crippen molar-refractivity contribution in [2.24, 2.45) is 0 Å². The van der Waals surface area contributed by atoms with Gasteiger partial charge in [-0.3, -0.25) is 9.69 Å². The predicted octanol–water partition coefficient (Wildman–Crippen LogP) is 1.69. The van der Waals surface area contributed by atoms with Crippen molar-refractivity contribution in [1.82, 2.24) is 4.90 Å². The number of aliphatic hydroxyl groups excluding tert-OH is 1. The lowest BCUT2D eigenvalue weighted by Gasteiger charge is -2.18. The van der Waals surface area contributed by atoms with E-state index in [1.54, 1.807) is 0 Å². The lowest BCUT2D eigenvalue weighted by atomic mass is 10.1. The number of likely N-dealkylation sites (N-methyl/N-ethyl adjacent to an activating group) is 1. The molecular weight excluding hydrogens is 178 g/mol. The van der Waals surface area contributed by atoms with Crippen molar-refractivity contribution < 1.29 is 9.90 Å². The number of ketones is 1. The van der Waals surface area contributed by atoms with E-state index in [2.05, 4.69) is 0 Å². The minimum Gasteiger partial charge on any atom is -0.391 e. The summed E-state index contributed by atoms with van der Waals surface area (Å²) in [6.45, 7) is 10.3. The van der Waals surface area contributed by atoms with E-state index in [1.807, 2.05) is 39.6 Å². The number of carbonyl (C=O) groups is 1. The summed E-state index contributed by atoms with van der Waals surface area (Å²) in [7, 11) is 1.86. The maximum absolute atomic E-state index is 10.9. The van der Waals surface area contributed by atoms with Gasteiger partial charge in [-0.2, -0.15) is 0 Å². The van der Waals surface area contributed by atoms with Crippen LogP contribution in [0.1, 0.15) is 41.0 Å². The van der Waals surface area contributed by atoms with E-state index >= 15 is 0 Å². The number of hydrogen-bond acceptors (Lipinski definition) is 3. The Balaban J connectivity index is 0. The molecule has 1 N–H and O–H groups in total. The third-order valence-electron chi connectivity index (χ3n) is 2.03. The lowest BCUT2D eigenvalue weighted by molar-refractivity contribution is -0.123. The zero-order chi connectivity index (χ0) is 11.7. The molecule has 1 saturated heterocycles. The molecular formula is C11H25NO2. The van der Waals surface area contributed by atoms with Crippen molar-refractivity contribution in [1.29, 1.82) is 0 Å². The van der Waals surface area contributed by atoms with Gasteiger partial charge in [-0.1, -0.05) is 27.7 Å². The van der Waals surface area contributed by atoms with Gasteiger partial charge < -0.3 is 5.11 Å². The summed E-state index contributed by atoms with van der Waals surface area (Å²) in [4.78, 5) is 12.8. The fraction of sp³-hybridized carbons (Fsp3) is 0.909. The first-order valence-corrected chi connectivity index (χ1v) is 5.51. The summed E-state index contributed by atoms with van der Waals surface area (Å²) < 4.78 is 0. The van der Waals surface area contributed by atoms with E-state index in [-0.39, 0.29) is 11.8 Å². The summed E-state index contributed by atoms with van der Waals surface area (Å²) in [6.07, 6.45) is 0.281. The summed E-state index contributed by atoms with van der Waals surface area (Å²) in [6, 6.07) is -0.250. The highest BCUT2D eigenvalue weighted by Crippen LogP contribution is 2.15. The number of nitrogens with zero attached hydrogens (tertiary/aromatic N) is 1. The Morgan fingerprint density at radius 1 is 1.29 bits per heavy atom. The third kappa shape index (κ3) is 4.72. The molecule has 0 aromatic carbocycles. The van der Waals surface area contributed by atoms with Gasteiger partial charge in [0.25, 0.3) is 0 Å². The van der Waals surface area contributed by atoms with Gasteiger partial charge in [0.1, 0.15) is 5.78 Å². The SMILES string of the molecule is CC.CC.CC(=O)C1C(O)CCN1C. The first-order chi connectivity index (χ1) is 6.63. The molecule has 3 nitrogen and oxygen atoms in total. The molecule has 0 aromatic heterocycles. The molecule has 0 radical (unpaired) electrons. The van der Waals surface area contributed by atoms with Gasteiger partial charge in [-0.25, -0.2) is 0 Å². The van der Waals surface area contributed by atoms with E-state index in [4.69, 9.17) is 0 Å².